The summed E-state index contributed by atoms with van der Waals surface area (Å²) >= 11 is 1.59. The number of hydrogen-bond acceptors (Lipinski definition) is 5. The van der Waals surface area contributed by atoms with E-state index in [9.17, 15) is 14.7 Å². The summed E-state index contributed by atoms with van der Waals surface area (Å²) in [5.41, 5.74) is 1.22. The Morgan fingerprint density at radius 3 is 2.89 bits per heavy atom. The molecule has 0 radical (unpaired) electrons. The van der Waals surface area contributed by atoms with Crippen LogP contribution in [0.4, 0.5) is 0 Å². The summed E-state index contributed by atoms with van der Waals surface area (Å²) in [6.07, 6.45) is 5.81. The van der Waals surface area contributed by atoms with E-state index >= 15 is 0 Å². The van der Waals surface area contributed by atoms with Crippen LogP contribution in [0.15, 0.2) is 39.8 Å². The second-order valence-electron chi connectivity index (χ2n) is 7.55. The van der Waals surface area contributed by atoms with E-state index in [0.29, 0.717) is 31.6 Å². The summed E-state index contributed by atoms with van der Waals surface area (Å²) in [6, 6.07) is 3.47. The van der Waals surface area contributed by atoms with E-state index in [2.05, 4.69) is 0 Å². The van der Waals surface area contributed by atoms with Crippen LogP contribution in [0.3, 0.4) is 0 Å². The fourth-order valence-corrected chi connectivity index (χ4v) is 5.13. The zero-order valence-electron chi connectivity index (χ0n) is 15.2. The van der Waals surface area contributed by atoms with Crippen molar-refractivity contribution < 1.29 is 19.1 Å². The SMILES string of the molecule is O=C(Cc1ccsc1)N1CC[C@@]2(CO)CCCN(C(=O)c3ccoc3)[C@@H]2C1. The first-order valence-corrected chi connectivity index (χ1v) is 10.3. The van der Waals surface area contributed by atoms with E-state index in [1.807, 2.05) is 26.6 Å². The second kappa shape index (κ2) is 7.48. The lowest BCUT2D eigenvalue weighted by Crippen LogP contribution is -2.64. The molecule has 2 fully saturated rings. The van der Waals surface area contributed by atoms with Gasteiger partial charge in [0.15, 0.2) is 0 Å². The zero-order valence-corrected chi connectivity index (χ0v) is 16.0. The smallest absolute Gasteiger partial charge is 0.257 e. The highest BCUT2D eigenvalue weighted by Gasteiger charge is 2.49. The third kappa shape index (κ3) is 3.41. The van der Waals surface area contributed by atoms with Gasteiger partial charge in [-0.15, -0.1) is 0 Å². The minimum absolute atomic E-state index is 0.0411. The molecule has 144 valence electrons. The molecule has 0 aromatic carbocycles. The Kier molecular flexibility index (Phi) is 5.06. The van der Waals surface area contributed by atoms with Crippen molar-refractivity contribution >= 4 is 23.2 Å². The molecule has 2 aliphatic rings. The quantitative estimate of drug-likeness (QED) is 0.873. The number of aliphatic hydroxyl groups is 1. The average Bonchev–Trinajstić information content (AvgIpc) is 3.40. The van der Waals surface area contributed by atoms with Gasteiger partial charge in [-0.2, -0.15) is 11.3 Å². The lowest BCUT2D eigenvalue weighted by atomic mass is 9.68. The zero-order chi connectivity index (χ0) is 18.9. The van der Waals surface area contributed by atoms with Crippen LogP contribution in [0.2, 0.25) is 0 Å². The van der Waals surface area contributed by atoms with Crippen molar-refractivity contribution in [2.24, 2.45) is 5.41 Å². The number of aliphatic hydroxyl groups excluding tert-OH is 1. The molecular weight excluding hydrogens is 364 g/mol. The molecule has 2 amide bonds. The summed E-state index contributed by atoms with van der Waals surface area (Å²) in [5.74, 6) is -0.000341. The van der Waals surface area contributed by atoms with Gasteiger partial charge in [-0.3, -0.25) is 9.59 Å². The third-order valence-electron chi connectivity index (χ3n) is 6.06. The van der Waals surface area contributed by atoms with Gasteiger partial charge < -0.3 is 19.3 Å². The minimum atomic E-state index is -0.323. The third-order valence-corrected chi connectivity index (χ3v) is 6.79. The van der Waals surface area contributed by atoms with Gasteiger partial charge in [-0.25, -0.2) is 0 Å². The normalized spacial score (nSPS) is 25.3. The molecule has 0 saturated carbocycles. The first-order chi connectivity index (χ1) is 13.1. The van der Waals surface area contributed by atoms with Crippen LogP contribution < -0.4 is 0 Å². The Balaban J connectivity index is 1.55. The van der Waals surface area contributed by atoms with Gasteiger partial charge in [0.2, 0.25) is 5.91 Å². The van der Waals surface area contributed by atoms with Gasteiger partial charge in [-0.05, 0) is 47.7 Å². The van der Waals surface area contributed by atoms with Gasteiger partial charge in [0.25, 0.3) is 5.91 Å². The van der Waals surface area contributed by atoms with Crippen molar-refractivity contribution in [1.29, 1.82) is 0 Å². The molecule has 2 aromatic heterocycles. The largest absolute Gasteiger partial charge is 0.472 e. The second-order valence-corrected chi connectivity index (χ2v) is 8.33. The molecule has 0 spiro atoms. The van der Waals surface area contributed by atoms with Crippen molar-refractivity contribution in [2.75, 3.05) is 26.2 Å². The summed E-state index contributed by atoms with van der Waals surface area (Å²) in [5, 5.41) is 14.2. The Bertz CT molecular complexity index is 789. The highest BCUT2D eigenvalue weighted by atomic mass is 32.1. The van der Waals surface area contributed by atoms with Gasteiger partial charge in [-0.1, -0.05) is 0 Å². The lowest BCUT2D eigenvalue weighted by molar-refractivity contribution is -0.138. The maximum absolute atomic E-state index is 13.0. The molecule has 2 saturated heterocycles. The van der Waals surface area contributed by atoms with Crippen LogP contribution in [0.5, 0.6) is 0 Å². The minimum Gasteiger partial charge on any atom is -0.472 e. The number of fused-ring (bicyclic) bond motifs is 1. The van der Waals surface area contributed by atoms with Crippen LogP contribution >= 0.6 is 11.3 Å². The van der Waals surface area contributed by atoms with Crippen molar-refractivity contribution in [1.82, 2.24) is 9.80 Å². The maximum Gasteiger partial charge on any atom is 0.257 e. The molecule has 7 heteroatoms. The number of amides is 2. The van der Waals surface area contributed by atoms with E-state index in [4.69, 9.17) is 4.42 Å². The Morgan fingerprint density at radius 2 is 2.19 bits per heavy atom. The number of piperidine rings is 2. The molecule has 2 aromatic rings. The highest BCUT2D eigenvalue weighted by molar-refractivity contribution is 7.08. The van der Waals surface area contributed by atoms with Crippen LogP contribution in [0.1, 0.15) is 35.2 Å². The van der Waals surface area contributed by atoms with E-state index in [0.717, 1.165) is 24.8 Å². The number of carbonyl (C=O) groups excluding carboxylic acids is 2. The molecule has 2 atom stereocenters. The highest BCUT2D eigenvalue weighted by Crippen LogP contribution is 2.42. The summed E-state index contributed by atoms with van der Waals surface area (Å²) in [6.45, 7) is 1.79. The number of thiophene rings is 1. The number of furan rings is 1. The number of hydrogen-bond donors (Lipinski definition) is 1. The number of rotatable bonds is 4. The fraction of sp³-hybridized carbons (Fsp3) is 0.500. The molecule has 0 unspecified atom stereocenters. The van der Waals surface area contributed by atoms with Gasteiger partial charge in [0, 0.05) is 25.0 Å². The predicted octanol–water partition coefficient (Wildman–Crippen LogP) is 2.40. The molecule has 4 rings (SSSR count). The average molecular weight is 388 g/mol. The molecular formula is C20H24N2O4S. The first-order valence-electron chi connectivity index (χ1n) is 9.36. The molecule has 27 heavy (non-hydrogen) atoms. The van der Waals surface area contributed by atoms with Crippen molar-refractivity contribution in [3.8, 4) is 0 Å². The van der Waals surface area contributed by atoms with Crippen LogP contribution in [-0.4, -0.2) is 59.0 Å². The standard InChI is InChI=1S/C20H24N2O4S/c23-14-20-4-1-6-22(19(25)16-2-8-26-12-16)17(20)11-21(7-5-20)18(24)10-15-3-9-27-13-15/h2-3,8-9,12-13,17,23H,1,4-7,10-11,14H2/t17-,20-/m1/s1. The Labute approximate surface area is 162 Å². The van der Waals surface area contributed by atoms with Crippen LogP contribution in [0, 0.1) is 5.41 Å². The van der Waals surface area contributed by atoms with Gasteiger partial charge in [0.1, 0.15) is 6.26 Å². The number of carbonyl (C=O) groups is 2. The van der Waals surface area contributed by atoms with E-state index < -0.39 is 0 Å². The fourth-order valence-electron chi connectivity index (χ4n) is 4.46. The van der Waals surface area contributed by atoms with Crippen molar-refractivity contribution in [2.45, 2.75) is 31.7 Å². The summed E-state index contributed by atoms with van der Waals surface area (Å²) in [4.78, 5) is 29.5. The van der Waals surface area contributed by atoms with E-state index in [1.54, 1.807) is 17.4 Å². The monoisotopic (exact) mass is 388 g/mol. The predicted molar refractivity (Wildman–Crippen MR) is 102 cm³/mol. The van der Waals surface area contributed by atoms with Crippen molar-refractivity contribution in [3.05, 3.63) is 46.5 Å². The summed E-state index contributed by atoms with van der Waals surface area (Å²) in [7, 11) is 0. The van der Waals surface area contributed by atoms with Crippen LogP contribution in [0.25, 0.3) is 0 Å². The van der Waals surface area contributed by atoms with Crippen molar-refractivity contribution in [3.63, 3.8) is 0 Å². The molecule has 2 aliphatic heterocycles. The van der Waals surface area contributed by atoms with Gasteiger partial charge >= 0.3 is 0 Å². The first kappa shape index (κ1) is 18.3. The number of nitrogens with zero attached hydrogens (tertiary/aromatic N) is 2. The summed E-state index contributed by atoms with van der Waals surface area (Å²) < 4.78 is 5.07. The molecule has 4 heterocycles. The molecule has 0 aliphatic carbocycles. The molecule has 6 nitrogen and oxygen atoms in total. The maximum atomic E-state index is 13.0. The topological polar surface area (TPSA) is 74.0 Å². The molecule has 1 N–H and O–H groups in total. The van der Waals surface area contributed by atoms with E-state index in [1.165, 1.54) is 12.5 Å². The van der Waals surface area contributed by atoms with Crippen LogP contribution in [-0.2, 0) is 11.2 Å². The lowest BCUT2D eigenvalue weighted by Gasteiger charge is -2.54. The number of likely N-dealkylation sites (tertiary alicyclic amines) is 2. The Hall–Kier alpha value is -2.12. The molecule has 0 bridgehead atoms. The Morgan fingerprint density at radius 1 is 1.30 bits per heavy atom. The van der Waals surface area contributed by atoms with E-state index in [-0.39, 0.29) is 29.9 Å². The van der Waals surface area contributed by atoms with Gasteiger partial charge in [0.05, 0.1) is 30.9 Å².